The zero-order valence-electron chi connectivity index (χ0n) is 13.5. The normalized spacial score (nSPS) is 10.3. The number of amides is 2. The van der Waals surface area contributed by atoms with Gasteiger partial charge in [-0.2, -0.15) is 0 Å². The number of hydrogen-bond acceptors (Lipinski definition) is 4. The van der Waals surface area contributed by atoms with Crippen LogP contribution in [-0.2, 0) is 9.59 Å². The molecule has 0 bridgehead atoms. The van der Waals surface area contributed by atoms with Gasteiger partial charge in [0, 0.05) is 6.08 Å². The van der Waals surface area contributed by atoms with E-state index in [0.29, 0.717) is 10.8 Å². The van der Waals surface area contributed by atoms with E-state index in [-0.39, 0.29) is 6.61 Å². The first-order chi connectivity index (χ1) is 12.1. The Labute approximate surface area is 150 Å². The molecule has 6 nitrogen and oxygen atoms in total. The number of nitrogens with one attached hydrogen (secondary N) is 2. The molecule has 130 valence electrons. The first-order valence-corrected chi connectivity index (χ1v) is 7.74. The van der Waals surface area contributed by atoms with Crippen LogP contribution in [0.4, 0.5) is 0 Å². The Balaban J connectivity index is 1.74. The van der Waals surface area contributed by atoms with Gasteiger partial charge in [-0.05, 0) is 35.9 Å². The average Bonchev–Trinajstić information content (AvgIpc) is 2.64. The maximum atomic E-state index is 11.7. The van der Waals surface area contributed by atoms with Crippen LogP contribution in [0.25, 0.3) is 6.08 Å². The number of rotatable bonds is 6. The molecule has 0 aliphatic rings. The van der Waals surface area contributed by atoms with E-state index in [2.05, 4.69) is 10.9 Å². The Morgan fingerprint density at radius 2 is 1.80 bits per heavy atom. The van der Waals surface area contributed by atoms with Crippen LogP contribution in [0.15, 0.2) is 54.6 Å². The Morgan fingerprint density at radius 1 is 1.08 bits per heavy atom. The van der Waals surface area contributed by atoms with Gasteiger partial charge in [-0.1, -0.05) is 35.9 Å². The van der Waals surface area contributed by atoms with Crippen molar-refractivity contribution in [3.63, 3.8) is 0 Å². The van der Waals surface area contributed by atoms with E-state index in [9.17, 15) is 9.59 Å². The van der Waals surface area contributed by atoms with Crippen LogP contribution in [0.3, 0.4) is 0 Å². The van der Waals surface area contributed by atoms with Gasteiger partial charge in [-0.25, -0.2) is 0 Å². The van der Waals surface area contributed by atoms with E-state index in [1.54, 1.807) is 61.7 Å². The number of ether oxygens (including phenoxy) is 2. The van der Waals surface area contributed by atoms with E-state index in [0.717, 1.165) is 11.3 Å². The van der Waals surface area contributed by atoms with Crippen molar-refractivity contribution in [2.45, 2.75) is 0 Å². The Hall–Kier alpha value is -2.99. The summed E-state index contributed by atoms with van der Waals surface area (Å²) < 4.78 is 10.3. The maximum absolute atomic E-state index is 11.7. The third kappa shape index (κ3) is 6.19. The monoisotopic (exact) mass is 360 g/mol. The zero-order chi connectivity index (χ0) is 18.1. The molecule has 0 heterocycles. The lowest BCUT2D eigenvalue weighted by Gasteiger charge is -2.08. The summed E-state index contributed by atoms with van der Waals surface area (Å²) in [4.78, 5) is 23.3. The van der Waals surface area contributed by atoms with Gasteiger partial charge in [0.05, 0.1) is 12.1 Å². The quantitative estimate of drug-likeness (QED) is 0.613. The second-order valence-corrected chi connectivity index (χ2v) is 5.27. The predicted molar refractivity (Wildman–Crippen MR) is 95.3 cm³/mol. The van der Waals surface area contributed by atoms with Gasteiger partial charge in [0.15, 0.2) is 6.61 Å². The summed E-state index contributed by atoms with van der Waals surface area (Å²) in [6.07, 6.45) is 2.91. The summed E-state index contributed by atoms with van der Waals surface area (Å²) in [6, 6.07) is 14.0. The van der Waals surface area contributed by atoms with Gasteiger partial charge in [0.2, 0.25) is 0 Å². The van der Waals surface area contributed by atoms with Crippen molar-refractivity contribution in [3.05, 3.63) is 65.2 Å². The molecule has 2 aromatic rings. The summed E-state index contributed by atoms with van der Waals surface area (Å²) in [7, 11) is 1.58. The molecule has 0 spiro atoms. The van der Waals surface area contributed by atoms with Crippen LogP contribution >= 0.6 is 11.6 Å². The molecule has 7 heteroatoms. The fraction of sp³-hybridized carbons (Fsp3) is 0.111. The molecule has 0 aliphatic carbocycles. The molecule has 0 unspecified atom stereocenters. The van der Waals surface area contributed by atoms with Crippen LogP contribution in [0.2, 0.25) is 5.02 Å². The number of carbonyl (C=O) groups excluding carboxylic acids is 2. The Bertz CT molecular complexity index is 760. The first kappa shape index (κ1) is 18.4. The smallest absolute Gasteiger partial charge is 0.276 e. The standard InChI is InChI=1S/C18H17ClN2O4/c1-24-14-9-6-13(7-10-14)8-11-17(22)20-21-18(23)12-25-16-5-3-2-4-15(16)19/h2-11H,12H2,1H3,(H,20,22)(H,21,23). The van der Waals surface area contributed by atoms with E-state index >= 15 is 0 Å². The van der Waals surface area contributed by atoms with Gasteiger partial charge in [-0.15, -0.1) is 0 Å². The topological polar surface area (TPSA) is 76.7 Å². The SMILES string of the molecule is COc1ccc(C=CC(=O)NNC(=O)COc2ccccc2Cl)cc1. The number of halogens is 1. The van der Waals surface area contributed by atoms with Crippen LogP contribution in [-0.4, -0.2) is 25.5 Å². The molecule has 0 saturated carbocycles. The highest BCUT2D eigenvalue weighted by molar-refractivity contribution is 6.32. The number of para-hydroxylation sites is 1. The molecule has 0 radical (unpaired) electrons. The second kappa shape index (κ2) is 9.34. The highest BCUT2D eigenvalue weighted by Gasteiger charge is 2.05. The van der Waals surface area contributed by atoms with E-state index in [4.69, 9.17) is 21.1 Å². The number of carbonyl (C=O) groups is 2. The Morgan fingerprint density at radius 3 is 2.48 bits per heavy atom. The molecular weight excluding hydrogens is 344 g/mol. The van der Waals surface area contributed by atoms with Gasteiger partial charge in [-0.3, -0.25) is 20.4 Å². The molecular formula is C18H17ClN2O4. The molecule has 2 aromatic carbocycles. The summed E-state index contributed by atoms with van der Waals surface area (Å²) in [5.74, 6) is 0.144. The lowest BCUT2D eigenvalue weighted by molar-refractivity contribution is -0.128. The third-order valence-electron chi connectivity index (χ3n) is 3.06. The van der Waals surface area contributed by atoms with Crippen molar-refractivity contribution >= 4 is 29.5 Å². The van der Waals surface area contributed by atoms with Crippen molar-refractivity contribution < 1.29 is 19.1 Å². The highest BCUT2D eigenvalue weighted by atomic mass is 35.5. The summed E-state index contributed by atoms with van der Waals surface area (Å²) in [5.41, 5.74) is 5.34. The highest BCUT2D eigenvalue weighted by Crippen LogP contribution is 2.22. The molecule has 2 N–H and O–H groups in total. The lowest BCUT2D eigenvalue weighted by Crippen LogP contribution is -2.43. The van der Waals surface area contributed by atoms with Crippen LogP contribution in [0.5, 0.6) is 11.5 Å². The van der Waals surface area contributed by atoms with Gasteiger partial charge in [0.25, 0.3) is 11.8 Å². The van der Waals surface area contributed by atoms with E-state index in [1.165, 1.54) is 6.08 Å². The summed E-state index contributed by atoms with van der Waals surface area (Å²) in [5, 5.41) is 0.404. The number of hydrogen-bond donors (Lipinski definition) is 2. The summed E-state index contributed by atoms with van der Waals surface area (Å²) >= 11 is 5.91. The zero-order valence-corrected chi connectivity index (χ0v) is 14.2. The van der Waals surface area contributed by atoms with Crippen LogP contribution in [0, 0.1) is 0 Å². The molecule has 2 amide bonds. The third-order valence-corrected chi connectivity index (χ3v) is 3.38. The van der Waals surface area contributed by atoms with Crippen molar-refractivity contribution in [2.75, 3.05) is 13.7 Å². The van der Waals surface area contributed by atoms with Crippen molar-refractivity contribution in [3.8, 4) is 11.5 Å². The minimum atomic E-state index is -0.508. The molecule has 0 aromatic heterocycles. The van der Waals surface area contributed by atoms with Crippen LogP contribution < -0.4 is 20.3 Å². The summed E-state index contributed by atoms with van der Waals surface area (Å²) in [6.45, 7) is -0.272. The molecule has 0 saturated heterocycles. The largest absolute Gasteiger partial charge is 0.497 e. The van der Waals surface area contributed by atoms with Crippen molar-refractivity contribution in [1.82, 2.24) is 10.9 Å². The van der Waals surface area contributed by atoms with Crippen molar-refractivity contribution in [2.24, 2.45) is 0 Å². The fourth-order valence-corrected chi connectivity index (χ4v) is 1.99. The molecule has 2 rings (SSSR count). The minimum absolute atomic E-state index is 0.272. The maximum Gasteiger partial charge on any atom is 0.276 e. The molecule has 25 heavy (non-hydrogen) atoms. The first-order valence-electron chi connectivity index (χ1n) is 7.37. The number of methoxy groups -OCH3 is 1. The molecule has 0 atom stereocenters. The van der Waals surface area contributed by atoms with Gasteiger partial charge < -0.3 is 9.47 Å². The van der Waals surface area contributed by atoms with Gasteiger partial charge >= 0.3 is 0 Å². The average molecular weight is 361 g/mol. The van der Waals surface area contributed by atoms with Crippen LogP contribution in [0.1, 0.15) is 5.56 Å². The second-order valence-electron chi connectivity index (χ2n) is 4.86. The van der Waals surface area contributed by atoms with Gasteiger partial charge in [0.1, 0.15) is 11.5 Å². The fourth-order valence-electron chi connectivity index (χ4n) is 1.80. The minimum Gasteiger partial charge on any atom is -0.497 e. The van der Waals surface area contributed by atoms with Crippen molar-refractivity contribution in [1.29, 1.82) is 0 Å². The predicted octanol–water partition coefficient (Wildman–Crippen LogP) is 2.59. The number of benzene rings is 2. The lowest BCUT2D eigenvalue weighted by atomic mass is 10.2. The van der Waals surface area contributed by atoms with E-state index in [1.807, 2.05) is 0 Å². The van der Waals surface area contributed by atoms with E-state index < -0.39 is 11.8 Å². The Kier molecular flexibility index (Phi) is 6.86. The number of hydrazine groups is 1. The molecule has 0 aliphatic heterocycles. The molecule has 0 fully saturated rings.